The number of likely N-dealkylation sites (N-methyl/N-ethyl adjacent to an activating group) is 1. The van der Waals surface area contributed by atoms with Crippen molar-refractivity contribution in [3.63, 3.8) is 0 Å². The van der Waals surface area contributed by atoms with E-state index < -0.39 is 5.97 Å². The summed E-state index contributed by atoms with van der Waals surface area (Å²) in [7, 11) is 3.96. The van der Waals surface area contributed by atoms with E-state index in [2.05, 4.69) is 0 Å². The van der Waals surface area contributed by atoms with Crippen LogP contribution in [0.3, 0.4) is 0 Å². The van der Waals surface area contributed by atoms with E-state index in [0.717, 1.165) is 17.9 Å². The number of nitrogens with zero attached hydrogens (tertiary/aromatic N) is 1. The average Bonchev–Trinajstić information content (AvgIpc) is 2.28. The van der Waals surface area contributed by atoms with E-state index in [1.165, 1.54) is 0 Å². The Kier molecular flexibility index (Phi) is 4.97. The van der Waals surface area contributed by atoms with Gasteiger partial charge < -0.3 is 14.7 Å². The SMILES string of the molecule is CCc1cc(OCCN(C)C)ccc1C(=O)O. The summed E-state index contributed by atoms with van der Waals surface area (Å²) in [6.07, 6.45) is 0.687. The lowest BCUT2D eigenvalue weighted by Gasteiger charge is -2.12. The van der Waals surface area contributed by atoms with Gasteiger partial charge in [0.15, 0.2) is 0 Å². The van der Waals surface area contributed by atoms with Crippen molar-refractivity contribution in [2.24, 2.45) is 0 Å². The molecule has 0 amide bonds. The Balaban J connectivity index is 2.72. The van der Waals surface area contributed by atoms with Crippen molar-refractivity contribution in [2.45, 2.75) is 13.3 Å². The highest BCUT2D eigenvalue weighted by atomic mass is 16.5. The number of aryl methyl sites for hydroxylation is 1. The van der Waals surface area contributed by atoms with Crippen LogP contribution in [0.2, 0.25) is 0 Å². The molecule has 0 saturated heterocycles. The van der Waals surface area contributed by atoms with Gasteiger partial charge in [0.25, 0.3) is 0 Å². The van der Waals surface area contributed by atoms with Crippen LogP contribution in [-0.4, -0.2) is 43.2 Å². The van der Waals surface area contributed by atoms with Crippen molar-refractivity contribution >= 4 is 5.97 Å². The fourth-order valence-corrected chi connectivity index (χ4v) is 1.51. The lowest BCUT2D eigenvalue weighted by atomic mass is 10.1. The first-order chi connectivity index (χ1) is 8.04. The zero-order valence-electron chi connectivity index (χ0n) is 10.6. The standard InChI is InChI=1S/C13H19NO3/c1-4-10-9-11(17-8-7-14(2)3)5-6-12(10)13(15)16/h5-6,9H,4,7-8H2,1-3H3,(H,15,16). The molecule has 1 aromatic carbocycles. The third-order valence-corrected chi connectivity index (χ3v) is 2.50. The predicted octanol–water partition coefficient (Wildman–Crippen LogP) is 1.89. The number of hydrogen-bond acceptors (Lipinski definition) is 3. The Morgan fingerprint density at radius 2 is 2.12 bits per heavy atom. The van der Waals surface area contributed by atoms with Gasteiger partial charge in [0.05, 0.1) is 5.56 Å². The molecular weight excluding hydrogens is 218 g/mol. The van der Waals surface area contributed by atoms with Gasteiger partial charge in [0.1, 0.15) is 12.4 Å². The van der Waals surface area contributed by atoms with Gasteiger partial charge in [-0.2, -0.15) is 0 Å². The van der Waals surface area contributed by atoms with E-state index >= 15 is 0 Å². The van der Waals surface area contributed by atoms with E-state index in [-0.39, 0.29) is 0 Å². The van der Waals surface area contributed by atoms with Crippen LogP contribution in [0.1, 0.15) is 22.8 Å². The molecular formula is C13H19NO3. The van der Waals surface area contributed by atoms with Gasteiger partial charge in [-0.05, 0) is 44.3 Å². The highest BCUT2D eigenvalue weighted by molar-refractivity contribution is 5.89. The summed E-state index contributed by atoms with van der Waals surface area (Å²) in [4.78, 5) is 13.0. The molecule has 0 atom stereocenters. The van der Waals surface area contributed by atoms with Crippen molar-refractivity contribution < 1.29 is 14.6 Å². The second-order valence-corrected chi connectivity index (χ2v) is 4.13. The van der Waals surface area contributed by atoms with E-state index in [9.17, 15) is 4.79 Å². The molecule has 4 nitrogen and oxygen atoms in total. The van der Waals surface area contributed by atoms with Crippen molar-refractivity contribution in [1.82, 2.24) is 4.90 Å². The number of carboxylic acids is 1. The van der Waals surface area contributed by atoms with Gasteiger partial charge in [0.2, 0.25) is 0 Å². The summed E-state index contributed by atoms with van der Waals surface area (Å²) in [6.45, 7) is 3.37. The Labute approximate surface area is 102 Å². The van der Waals surface area contributed by atoms with Crippen LogP contribution in [0, 0.1) is 0 Å². The molecule has 0 aliphatic heterocycles. The molecule has 94 valence electrons. The first-order valence-electron chi connectivity index (χ1n) is 5.68. The highest BCUT2D eigenvalue weighted by Gasteiger charge is 2.09. The maximum Gasteiger partial charge on any atom is 0.335 e. The number of carboxylic acid groups (broad SMARTS) is 1. The molecule has 1 rings (SSSR count). The molecule has 0 spiro atoms. The van der Waals surface area contributed by atoms with Crippen molar-refractivity contribution in [2.75, 3.05) is 27.2 Å². The smallest absolute Gasteiger partial charge is 0.335 e. The third-order valence-electron chi connectivity index (χ3n) is 2.50. The lowest BCUT2D eigenvalue weighted by Crippen LogP contribution is -2.19. The normalized spacial score (nSPS) is 10.6. The van der Waals surface area contributed by atoms with E-state index in [4.69, 9.17) is 9.84 Å². The summed E-state index contributed by atoms with van der Waals surface area (Å²) in [5.41, 5.74) is 1.16. The van der Waals surface area contributed by atoms with Crippen LogP contribution in [-0.2, 0) is 6.42 Å². The number of ether oxygens (including phenoxy) is 1. The summed E-state index contributed by atoms with van der Waals surface area (Å²) in [6, 6.07) is 5.11. The minimum Gasteiger partial charge on any atom is -0.492 e. The first kappa shape index (κ1) is 13.5. The minimum absolute atomic E-state index is 0.354. The number of benzene rings is 1. The van der Waals surface area contributed by atoms with Gasteiger partial charge >= 0.3 is 5.97 Å². The van der Waals surface area contributed by atoms with Crippen LogP contribution >= 0.6 is 0 Å². The molecule has 0 heterocycles. The molecule has 0 unspecified atom stereocenters. The summed E-state index contributed by atoms with van der Waals surface area (Å²) in [5, 5.41) is 8.99. The van der Waals surface area contributed by atoms with Crippen LogP contribution in [0.5, 0.6) is 5.75 Å². The summed E-state index contributed by atoms with van der Waals surface area (Å²) < 4.78 is 5.56. The average molecular weight is 237 g/mol. The van der Waals surface area contributed by atoms with Gasteiger partial charge in [-0.3, -0.25) is 0 Å². The number of hydrogen-bond donors (Lipinski definition) is 1. The summed E-state index contributed by atoms with van der Waals surface area (Å²) >= 11 is 0. The molecule has 0 saturated carbocycles. The number of aromatic carboxylic acids is 1. The quantitative estimate of drug-likeness (QED) is 0.820. The minimum atomic E-state index is -0.887. The molecule has 0 fully saturated rings. The van der Waals surface area contributed by atoms with Gasteiger partial charge in [-0.1, -0.05) is 6.92 Å². The van der Waals surface area contributed by atoms with Gasteiger partial charge in [-0.15, -0.1) is 0 Å². The van der Waals surface area contributed by atoms with Crippen LogP contribution in [0.4, 0.5) is 0 Å². The zero-order chi connectivity index (χ0) is 12.8. The Hall–Kier alpha value is -1.55. The van der Waals surface area contributed by atoms with Crippen molar-refractivity contribution in [3.8, 4) is 5.75 Å². The van der Waals surface area contributed by atoms with E-state index in [0.29, 0.717) is 18.6 Å². The molecule has 17 heavy (non-hydrogen) atoms. The highest BCUT2D eigenvalue weighted by Crippen LogP contribution is 2.18. The molecule has 0 radical (unpaired) electrons. The van der Waals surface area contributed by atoms with Gasteiger partial charge in [-0.25, -0.2) is 4.79 Å². The summed E-state index contributed by atoms with van der Waals surface area (Å²) in [5.74, 6) is -0.157. The molecule has 1 N–H and O–H groups in total. The van der Waals surface area contributed by atoms with Gasteiger partial charge in [0, 0.05) is 6.54 Å². The van der Waals surface area contributed by atoms with Crippen LogP contribution in [0.15, 0.2) is 18.2 Å². The molecule has 0 bridgehead atoms. The van der Waals surface area contributed by atoms with E-state index in [1.807, 2.05) is 25.9 Å². The van der Waals surface area contributed by atoms with Crippen LogP contribution in [0.25, 0.3) is 0 Å². The number of rotatable bonds is 6. The molecule has 1 aromatic rings. The van der Waals surface area contributed by atoms with E-state index in [1.54, 1.807) is 18.2 Å². The van der Waals surface area contributed by atoms with Crippen LogP contribution < -0.4 is 4.74 Å². The number of carbonyl (C=O) groups is 1. The zero-order valence-corrected chi connectivity index (χ0v) is 10.6. The Morgan fingerprint density at radius 3 is 2.65 bits per heavy atom. The maximum absolute atomic E-state index is 10.9. The largest absolute Gasteiger partial charge is 0.492 e. The maximum atomic E-state index is 10.9. The second kappa shape index (κ2) is 6.25. The Morgan fingerprint density at radius 1 is 1.41 bits per heavy atom. The third kappa shape index (κ3) is 4.07. The molecule has 0 aromatic heterocycles. The monoisotopic (exact) mass is 237 g/mol. The van der Waals surface area contributed by atoms with Crippen molar-refractivity contribution in [1.29, 1.82) is 0 Å². The molecule has 4 heteroatoms. The molecule has 0 aliphatic rings. The second-order valence-electron chi connectivity index (χ2n) is 4.13. The molecule has 0 aliphatic carbocycles. The topological polar surface area (TPSA) is 49.8 Å². The van der Waals surface area contributed by atoms with Crippen molar-refractivity contribution in [3.05, 3.63) is 29.3 Å². The lowest BCUT2D eigenvalue weighted by molar-refractivity contribution is 0.0695. The first-order valence-corrected chi connectivity index (χ1v) is 5.68. The Bertz CT molecular complexity index is 388. The predicted molar refractivity (Wildman–Crippen MR) is 66.8 cm³/mol. The fraction of sp³-hybridized carbons (Fsp3) is 0.462. The fourth-order valence-electron chi connectivity index (χ4n) is 1.51.